The van der Waals surface area contributed by atoms with Crippen molar-refractivity contribution in [1.82, 2.24) is 10.2 Å². The van der Waals surface area contributed by atoms with Gasteiger partial charge in [0.2, 0.25) is 5.91 Å². The first kappa shape index (κ1) is 18.5. The second-order valence-electron chi connectivity index (χ2n) is 5.19. The summed E-state index contributed by atoms with van der Waals surface area (Å²) in [5.41, 5.74) is 0.997. The van der Waals surface area contributed by atoms with E-state index in [9.17, 15) is 14.4 Å². The average molecular weight is 322 g/mol. The highest BCUT2D eigenvalue weighted by atomic mass is 16.5. The molecule has 0 aliphatic heterocycles. The van der Waals surface area contributed by atoms with Gasteiger partial charge in [-0.25, -0.2) is 4.79 Å². The predicted octanol–water partition coefficient (Wildman–Crippen LogP) is 0.812. The Morgan fingerprint density at radius 1 is 1.35 bits per heavy atom. The van der Waals surface area contributed by atoms with Gasteiger partial charge in [-0.1, -0.05) is 12.1 Å². The third kappa shape index (κ3) is 6.37. The lowest BCUT2D eigenvalue weighted by atomic mass is 10.2. The van der Waals surface area contributed by atoms with Crippen LogP contribution in [0.3, 0.4) is 0 Å². The lowest BCUT2D eigenvalue weighted by molar-refractivity contribution is -0.150. The first-order valence-corrected chi connectivity index (χ1v) is 7.27. The van der Waals surface area contributed by atoms with Crippen LogP contribution in [0.5, 0.6) is 5.75 Å². The van der Waals surface area contributed by atoms with Gasteiger partial charge in [-0.15, -0.1) is 0 Å². The molecule has 0 bridgehead atoms. The first-order valence-electron chi connectivity index (χ1n) is 7.27. The van der Waals surface area contributed by atoms with Crippen LogP contribution < -0.4 is 10.1 Å². The normalized spacial score (nSPS) is 11.4. The lowest BCUT2D eigenvalue weighted by Crippen LogP contribution is -2.48. The second kappa shape index (κ2) is 8.77. The summed E-state index contributed by atoms with van der Waals surface area (Å²) in [5, 5.41) is 11.6. The van der Waals surface area contributed by atoms with Crippen LogP contribution in [-0.4, -0.2) is 53.5 Å². The minimum absolute atomic E-state index is 0.100. The Balaban J connectivity index is 2.66. The van der Waals surface area contributed by atoms with Gasteiger partial charge < -0.3 is 20.1 Å². The number of carboxylic acids is 1. The molecule has 126 valence electrons. The summed E-state index contributed by atoms with van der Waals surface area (Å²) in [6.07, 6.45) is 0. The fourth-order valence-corrected chi connectivity index (χ4v) is 1.95. The number of rotatable bonds is 8. The molecule has 7 heteroatoms. The molecule has 0 aliphatic rings. The van der Waals surface area contributed by atoms with E-state index in [-0.39, 0.29) is 25.6 Å². The molecule has 2 amide bonds. The summed E-state index contributed by atoms with van der Waals surface area (Å²) in [6, 6.07) is 6.22. The van der Waals surface area contributed by atoms with Crippen molar-refractivity contribution in [1.29, 1.82) is 0 Å². The van der Waals surface area contributed by atoms with E-state index in [2.05, 4.69) is 5.32 Å². The second-order valence-corrected chi connectivity index (χ2v) is 5.19. The van der Waals surface area contributed by atoms with Crippen molar-refractivity contribution in [3.63, 3.8) is 0 Å². The molecule has 1 aromatic rings. The maximum atomic E-state index is 12.2. The van der Waals surface area contributed by atoms with Gasteiger partial charge in [0.05, 0.1) is 0 Å². The number of aryl methyl sites for hydroxylation is 1. The largest absolute Gasteiger partial charge is 0.484 e. The van der Waals surface area contributed by atoms with Crippen LogP contribution in [0.25, 0.3) is 0 Å². The molecule has 7 nitrogen and oxygen atoms in total. The molecule has 0 aliphatic carbocycles. The van der Waals surface area contributed by atoms with Crippen LogP contribution in [0.4, 0.5) is 0 Å². The fourth-order valence-electron chi connectivity index (χ4n) is 1.95. The molecule has 0 spiro atoms. The van der Waals surface area contributed by atoms with Gasteiger partial charge in [0.25, 0.3) is 5.91 Å². The highest BCUT2D eigenvalue weighted by Gasteiger charge is 2.25. The minimum Gasteiger partial charge on any atom is -0.484 e. The first-order chi connectivity index (χ1) is 10.8. The van der Waals surface area contributed by atoms with Crippen molar-refractivity contribution in [2.24, 2.45) is 0 Å². The number of amides is 2. The molecular formula is C16H22N2O5. The summed E-state index contributed by atoms with van der Waals surface area (Å²) >= 11 is 0. The average Bonchev–Trinajstić information content (AvgIpc) is 2.48. The Kier molecular flexibility index (Phi) is 7.05. The minimum atomic E-state index is -1.11. The molecule has 1 atom stereocenters. The Labute approximate surface area is 135 Å². The number of hydrogen-bond donors (Lipinski definition) is 2. The van der Waals surface area contributed by atoms with Gasteiger partial charge in [-0.2, -0.15) is 0 Å². The quantitative estimate of drug-likeness (QED) is 0.738. The summed E-state index contributed by atoms with van der Waals surface area (Å²) < 4.78 is 5.42. The van der Waals surface area contributed by atoms with Crippen molar-refractivity contribution >= 4 is 17.8 Å². The van der Waals surface area contributed by atoms with Crippen LogP contribution in [0.15, 0.2) is 24.3 Å². The standard InChI is InChI=1S/C16H22N2O5/c1-11-5-4-6-14(9-11)23-10-15(20)18(12(2)16(21)22)8-7-17-13(3)19/h4-6,9,12H,7-8,10H2,1-3H3,(H,17,19)(H,21,22). The smallest absolute Gasteiger partial charge is 0.326 e. The van der Waals surface area contributed by atoms with Crippen LogP contribution >= 0.6 is 0 Å². The number of carbonyl (C=O) groups excluding carboxylic acids is 2. The van der Waals surface area contributed by atoms with Gasteiger partial charge in [-0.3, -0.25) is 9.59 Å². The van der Waals surface area contributed by atoms with E-state index < -0.39 is 17.9 Å². The highest BCUT2D eigenvalue weighted by Crippen LogP contribution is 2.12. The Morgan fingerprint density at radius 3 is 2.61 bits per heavy atom. The molecule has 0 aromatic heterocycles. The number of benzene rings is 1. The maximum Gasteiger partial charge on any atom is 0.326 e. The van der Waals surface area contributed by atoms with E-state index in [1.165, 1.54) is 18.7 Å². The van der Waals surface area contributed by atoms with E-state index >= 15 is 0 Å². The number of aliphatic carboxylic acids is 1. The van der Waals surface area contributed by atoms with Crippen molar-refractivity contribution in [2.75, 3.05) is 19.7 Å². The lowest BCUT2D eigenvalue weighted by Gasteiger charge is -2.26. The maximum absolute atomic E-state index is 12.2. The Bertz CT molecular complexity index is 573. The fraction of sp³-hybridized carbons (Fsp3) is 0.438. The topological polar surface area (TPSA) is 95.9 Å². The van der Waals surface area contributed by atoms with Gasteiger partial charge in [0.1, 0.15) is 11.8 Å². The summed E-state index contributed by atoms with van der Waals surface area (Å²) in [6.45, 7) is 4.70. The Morgan fingerprint density at radius 2 is 2.04 bits per heavy atom. The zero-order valence-electron chi connectivity index (χ0n) is 13.5. The molecule has 1 aromatic carbocycles. The molecule has 23 heavy (non-hydrogen) atoms. The van der Waals surface area contributed by atoms with Crippen LogP contribution in [0.1, 0.15) is 19.4 Å². The van der Waals surface area contributed by atoms with E-state index in [1.807, 2.05) is 19.1 Å². The van der Waals surface area contributed by atoms with Crippen molar-refractivity contribution in [3.05, 3.63) is 29.8 Å². The summed E-state index contributed by atoms with van der Waals surface area (Å²) in [4.78, 5) is 35.4. The van der Waals surface area contributed by atoms with Crippen LogP contribution in [0.2, 0.25) is 0 Å². The van der Waals surface area contributed by atoms with Crippen molar-refractivity contribution < 1.29 is 24.2 Å². The number of nitrogens with zero attached hydrogens (tertiary/aromatic N) is 1. The Hall–Kier alpha value is -2.57. The monoisotopic (exact) mass is 322 g/mol. The highest BCUT2D eigenvalue weighted by molar-refractivity contribution is 5.84. The molecule has 1 unspecified atom stereocenters. The molecule has 0 saturated heterocycles. The SMILES string of the molecule is CC(=O)NCCN(C(=O)COc1cccc(C)c1)C(C)C(=O)O. The van der Waals surface area contributed by atoms with E-state index in [0.29, 0.717) is 5.75 Å². The molecule has 0 fully saturated rings. The van der Waals surface area contributed by atoms with Gasteiger partial charge in [-0.05, 0) is 31.5 Å². The molecule has 0 saturated carbocycles. The number of carbonyl (C=O) groups is 3. The number of carboxylic acid groups (broad SMARTS) is 1. The predicted molar refractivity (Wildman–Crippen MR) is 84.2 cm³/mol. The van der Waals surface area contributed by atoms with E-state index in [1.54, 1.807) is 12.1 Å². The third-order valence-corrected chi connectivity index (χ3v) is 3.22. The van der Waals surface area contributed by atoms with Gasteiger partial charge >= 0.3 is 5.97 Å². The number of hydrogen-bond acceptors (Lipinski definition) is 4. The number of nitrogens with one attached hydrogen (secondary N) is 1. The summed E-state index contributed by atoms with van der Waals surface area (Å²) in [5.74, 6) is -1.26. The molecule has 1 rings (SSSR count). The van der Waals surface area contributed by atoms with Crippen LogP contribution in [0, 0.1) is 6.92 Å². The van der Waals surface area contributed by atoms with Crippen molar-refractivity contribution in [3.8, 4) is 5.75 Å². The third-order valence-electron chi connectivity index (χ3n) is 3.22. The zero-order valence-corrected chi connectivity index (χ0v) is 13.5. The molecular weight excluding hydrogens is 300 g/mol. The number of ether oxygens (including phenoxy) is 1. The molecule has 0 radical (unpaired) electrons. The van der Waals surface area contributed by atoms with Crippen LogP contribution in [-0.2, 0) is 14.4 Å². The van der Waals surface area contributed by atoms with E-state index in [4.69, 9.17) is 9.84 Å². The van der Waals surface area contributed by atoms with Gasteiger partial charge in [0, 0.05) is 20.0 Å². The van der Waals surface area contributed by atoms with Crippen molar-refractivity contribution in [2.45, 2.75) is 26.8 Å². The molecule has 2 N–H and O–H groups in total. The molecule has 0 heterocycles. The van der Waals surface area contributed by atoms with Gasteiger partial charge in [0.15, 0.2) is 6.61 Å². The zero-order chi connectivity index (χ0) is 17.4. The summed E-state index contributed by atoms with van der Waals surface area (Å²) in [7, 11) is 0. The van der Waals surface area contributed by atoms with E-state index in [0.717, 1.165) is 5.56 Å².